The van der Waals surface area contributed by atoms with Gasteiger partial charge in [0.15, 0.2) is 0 Å². The van der Waals surface area contributed by atoms with E-state index >= 15 is 0 Å². The molecule has 0 fully saturated rings. The summed E-state index contributed by atoms with van der Waals surface area (Å²) in [6.45, 7) is -0.0276. The quantitative estimate of drug-likeness (QED) is 0.798. The lowest BCUT2D eigenvalue weighted by atomic mass is 10.1. The van der Waals surface area contributed by atoms with Crippen LogP contribution in [0.5, 0.6) is 0 Å². The van der Waals surface area contributed by atoms with E-state index in [1.165, 1.54) is 18.2 Å². The first-order valence-electron chi connectivity index (χ1n) is 7.50. The molecule has 0 aromatic heterocycles. The average molecular weight is 385 g/mol. The summed E-state index contributed by atoms with van der Waals surface area (Å²) < 4.78 is 37.8. The molecule has 0 bridgehead atoms. The summed E-state index contributed by atoms with van der Waals surface area (Å²) in [4.78, 5) is 12.1. The molecule has 25 heavy (non-hydrogen) atoms. The number of hydrogen-bond donors (Lipinski definition) is 1. The summed E-state index contributed by atoms with van der Waals surface area (Å²) >= 11 is 5.89. The fourth-order valence-corrected chi connectivity index (χ4v) is 3.25. The van der Waals surface area contributed by atoms with E-state index in [0.29, 0.717) is 23.7 Å². The maximum Gasteiger partial charge on any atom is 0.240 e. The van der Waals surface area contributed by atoms with Gasteiger partial charge in [0.25, 0.3) is 0 Å². The van der Waals surface area contributed by atoms with Gasteiger partial charge in [0, 0.05) is 11.6 Å². The molecule has 134 valence electrons. The number of hydrogen-bond acceptors (Lipinski definition) is 3. The van der Waals surface area contributed by atoms with Crippen LogP contribution >= 0.6 is 11.6 Å². The van der Waals surface area contributed by atoms with E-state index in [9.17, 15) is 17.6 Å². The Labute approximate surface area is 151 Å². The van der Waals surface area contributed by atoms with Crippen LogP contribution in [0.1, 0.15) is 5.56 Å². The van der Waals surface area contributed by atoms with Crippen molar-refractivity contribution in [3.63, 3.8) is 0 Å². The van der Waals surface area contributed by atoms with Gasteiger partial charge in [-0.2, -0.15) is 0 Å². The number of nitrogens with one attached hydrogen (secondary N) is 1. The summed E-state index contributed by atoms with van der Waals surface area (Å²) in [5.41, 5.74) is 1.19. The predicted molar refractivity (Wildman–Crippen MR) is 96.8 cm³/mol. The van der Waals surface area contributed by atoms with E-state index in [0.717, 1.165) is 16.1 Å². The van der Waals surface area contributed by atoms with E-state index < -0.39 is 15.9 Å². The van der Waals surface area contributed by atoms with Crippen molar-refractivity contribution in [2.24, 2.45) is 0 Å². The normalized spacial score (nSPS) is 11.2. The van der Waals surface area contributed by atoms with E-state index in [1.807, 2.05) is 0 Å². The van der Waals surface area contributed by atoms with Crippen LogP contribution in [-0.2, 0) is 21.2 Å². The number of rotatable bonds is 7. The standard InChI is InChI=1S/C17H18ClFN2O3S/c1-25(23,24)21(16-4-2-3-14(18)11-16)12-17(22)20-10-9-13-5-7-15(19)8-6-13/h2-8,11H,9-10,12H2,1H3,(H,20,22). The first-order valence-corrected chi connectivity index (χ1v) is 9.73. The minimum atomic E-state index is -3.64. The number of halogens is 2. The molecule has 2 rings (SSSR count). The molecule has 0 radical (unpaired) electrons. The minimum absolute atomic E-state index is 0.317. The maximum absolute atomic E-state index is 12.8. The predicted octanol–water partition coefficient (Wildman–Crippen LogP) is 2.60. The molecule has 2 aromatic rings. The minimum Gasteiger partial charge on any atom is -0.354 e. The maximum atomic E-state index is 12.8. The Morgan fingerprint density at radius 3 is 2.48 bits per heavy atom. The molecule has 0 aliphatic heterocycles. The van der Waals surface area contributed by atoms with Crippen LogP contribution in [0.15, 0.2) is 48.5 Å². The fourth-order valence-electron chi connectivity index (χ4n) is 2.21. The Kier molecular flexibility index (Phi) is 6.39. The van der Waals surface area contributed by atoms with E-state index in [2.05, 4.69) is 5.32 Å². The Balaban J connectivity index is 1.97. The third-order valence-corrected chi connectivity index (χ3v) is 4.81. The van der Waals surface area contributed by atoms with Gasteiger partial charge >= 0.3 is 0 Å². The third-order valence-electron chi connectivity index (χ3n) is 3.43. The molecule has 0 atom stereocenters. The summed E-state index contributed by atoms with van der Waals surface area (Å²) in [6, 6.07) is 12.2. The van der Waals surface area contributed by atoms with Crippen molar-refractivity contribution in [3.8, 4) is 0 Å². The third kappa shape index (κ3) is 6.03. The highest BCUT2D eigenvalue weighted by atomic mass is 35.5. The number of benzene rings is 2. The molecule has 0 heterocycles. The van der Waals surface area contributed by atoms with Crippen molar-refractivity contribution in [1.29, 1.82) is 0 Å². The molecule has 1 N–H and O–H groups in total. The Morgan fingerprint density at radius 1 is 1.20 bits per heavy atom. The summed E-state index contributed by atoms with van der Waals surface area (Å²) in [5.74, 6) is -0.759. The first-order chi connectivity index (χ1) is 11.8. The zero-order chi connectivity index (χ0) is 18.4. The Hall–Kier alpha value is -2.12. The topological polar surface area (TPSA) is 66.5 Å². The number of amides is 1. The van der Waals surface area contributed by atoms with Gasteiger partial charge in [-0.05, 0) is 42.3 Å². The number of sulfonamides is 1. The number of carbonyl (C=O) groups is 1. The second-order valence-electron chi connectivity index (χ2n) is 5.48. The van der Waals surface area contributed by atoms with Gasteiger partial charge in [-0.25, -0.2) is 12.8 Å². The molecule has 5 nitrogen and oxygen atoms in total. The van der Waals surface area contributed by atoms with Crippen LogP contribution in [-0.4, -0.2) is 33.7 Å². The van der Waals surface area contributed by atoms with Crippen LogP contribution in [0.4, 0.5) is 10.1 Å². The molecular formula is C17H18ClFN2O3S. The highest BCUT2D eigenvalue weighted by molar-refractivity contribution is 7.92. The average Bonchev–Trinajstić information content (AvgIpc) is 2.53. The van der Waals surface area contributed by atoms with Crippen molar-refractivity contribution < 1.29 is 17.6 Å². The lowest BCUT2D eigenvalue weighted by Crippen LogP contribution is -2.40. The summed E-state index contributed by atoms with van der Waals surface area (Å²) in [5, 5.41) is 3.04. The zero-order valence-electron chi connectivity index (χ0n) is 13.6. The zero-order valence-corrected chi connectivity index (χ0v) is 15.1. The number of carbonyl (C=O) groups excluding carboxylic acids is 1. The van der Waals surface area contributed by atoms with Crippen molar-refractivity contribution in [2.75, 3.05) is 23.7 Å². The first kappa shape index (κ1) is 19.2. The van der Waals surface area contributed by atoms with Crippen LogP contribution in [0.2, 0.25) is 5.02 Å². The molecule has 0 aliphatic rings. The van der Waals surface area contributed by atoms with E-state index in [-0.39, 0.29) is 12.4 Å². The van der Waals surface area contributed by atoms with Gasteiger partial charge in [-0.15, -0.1) is 0 Å². The van der Waals surface area contributed by atoms with Gasteiger partial charge in [0.1, 0.15) is 12.4 Å². The van der Waals surface area contributed by atoms with Crippen LogP contribution in [0.25, 0.3) is 0 Å². The van der Waals surface area contributed by atoms with Crippen LogP contribution in [0, 0.1) is 5.82 Å². The molecule has 0 unspecified atom stereocenters. The molecule has 2 aromatic carbocycles. The van der Waals surface area contributed by atoms with Crippen LogP contribution in [0.3, 0.4) is 0 Å². The molecule has 0 saturated heterocycles. The van der Waals surface area contributed by atoms with Crippen LogP contribution < -0.4 is 9.62 Å². The lowest BCUT2D eigenvalue weighted by Gasteiger charge is -2.22. The van der Waals surface area contributed by atoms with Crippen molar-refractivity contribution in [1.82, 2.24) is 5.32 Å². The SMILES string of the molecule is CS(=O)(=O)N(CC(=O)NCCc1ccc(F)cc1)c1cccc(Cl)c1. The molecular weight excluding hydrogens is 367 g/mol. The molecule has 0 aliphatic carbocycles. The fraction of sp³-hybridized carbons (Fsp3) is 0.235. The summed E-state index contributed by atoms with van der Waals surface area (Å²) in [6.07, 6.45) is 1.54. The Bertz CT molecular complexity index is 841. The highest BCUT2D eigenvalue weighted by Gasteiger charge is 2.20. The van der Waals surface area contributed by atoms with Gasteiger partial charge in [-0.3, -0.25) is 9.10 Å². The number of nitrogens with zero attached hydrogens (tertiary/aromatic N) is 1. The molecule has 1 amide bonds. The van der Waals surface area contributed by atoms with Gasteiger partial charge in [-0.1, -0.05) is 29.8 Å². The smallest absolute Gasteiger partial charge is 0.240 e. The molecule has 0 saturated carbocycles. The Morgan fingerprint density at radius 2 is 1.88 bits per heavy atom. The van der Waals surface area contributed by atoms with E-state index in [1.54, 1.807) is 30.3 Å². The second kappa shape index (κ2) is 8.31. The van der Waals surface area contributed by atoms with Crippen molar-refractivity contribution >= 4 is 33.2 Å². The van der Waals surface area contributed by atoms with Crippen molar-refractivity contribution in [3.05, 3.63) is 64.9 Å². The molecule has 8 heteroatoms. The van der Waals surface area contributed by atoms with Gasteiger partial charge in [0.05, 0.1) is 11.9 Å². The second-order valence-corrected chi connectivity index (χ2v) is 7.82. The van der Waals surface area contributed by atoms with Crippen molar-refractivity contribution in [2.45, 2.75) is 6.42 Å². The largest absolute Gasteiger partial charge is 0.354 e. The summed E-state index contributed by atoms with van der Waals surface area (Å²) in [7, 11) is -3.64. The lowest BCUT2D eigenvalue weighted by molar-refractivity contribution is -0.119. The van der Waals surface area contributed by atoms with Gasteiger partial charge in [0.2, 0.25) is 15.9 Å². The number of anilines is 1. The van der Waals surface area contributed by atoms with E-state index in [4.69, 9.17) is 11.6 Å². The molecule has 0 spiro atoms. The monoisotopic (exact) mass is 384 g/mol. The van der Waals surface area contributed by atoms with Gasteiger partial charge < -0.3 is 5.32 Å². The highest BCUT2D eigenvalue weighted by Crippen LogP contribution is 2.21.